The summed E-state index contributed by atoms with van der Waals surface area (Å²) in [6, 6.07) is 4.64. The van der Waals surface area contributed by atoms with E-state index in [4.69, 9.17) is 15.9 Å². The van der Waals surface area contributed by atoms with Gasteiger partial charge in [-0.2, -0.15) is 0 Å². The van der Waals surface area contributed by atoms with Gasteiger partial charge in [-0.1, -0.05) is 29.8 Å². The molecule has 0 aliphatic rings. The fraction of sp³-hybridized carbons (Fsp3) is 0.417. The molecule has 0 saturated heterocycles. The summed E-state index contributed by atoms with van der Waals surface area (Å²) in [6.45, 7) is 4.04. The number of benzene rings is 1. The Morgan fingerprint density at radius 1 is 1.53 bits per heavy atom. The largest absolute Gasteiger partial charge is 0.490 e. The maximum absolute atomic E-state index is 13.4. The van der Waals surface area contributed by atoms with Gasteiger partial charge in [0.1, 0.15) is 0 Å². The molecule has 3 nitrogen and oxygen atoms in total. The summed E-state index contributed by atoms with van der Waals surface area (Å²) in [5, 5.41) is 7.39. The molecule has 0 aromatic heterocycles. The van der Waals surface area contributed by atoms with Crippen LogP contribution in [0.1, 0.15) is 20.3 Å². The summed E-state index contributed by atoms with van der Waals surface area (Å²) >= 11 is 3.18. The van der Waals surface area contributed by atoms with Crippen LogP contribution in [0.3, 0.4) is 0 Å². The van der Waals surface area contributed by atoms with Crippen LogP contribution in [0.25, 0.3) is 0 Å². The number of halogens is 2. The van der Waals surface area contributed by atoms with Crippen molar-refractivity contribution in [3.05, 3.63) is 28.5 Å². The predicted octanol–water partition coefficient (Wildman–Crippen LogP) is 3.32. The van der Waals surface area contributed by atoms with Crippen molar-refractivity contribution < 1.29 is 9.13 Å². The van der Waals surface area contributed by atoms with Crippen LogP contribution in [0.2, 0.25) is 0 Å². The highest BCUT2D eigenvalue weighted by Gasteiger charge is 2.21. The van der Waals surface area contributed by atoms with Gasteiger partial charge >= 0.3 is 0 Å². The zero-order chi connectivity index (χ0) is 13.1. The Bertz CT molecular complexity index is 421. The van der Waals surface area contributed by atoms with E-state index in [1.165, 1.54) is 6.07 Å². The van der Waals surface area contributed by atoms with Gasteiger partial charge in [0.2, 0.25) is 0 Å². The van der Waals surface area contributed by atoms with Gasteiger partial charge in [0.25, 0.3) is 0 Å². The molecule has 0 fully saturated rings. The van der Waals surface area contributed by atoms with E-state index >= 15 is 0 Å². The lowest BCUT2D eigenvalue weighted by Crippen LogP contribution is -2.32. The molecule has 1 aromatic carbocycles. The van der Waals surface area contributed by atoms with E-state index in [0.717, 1.165) is 0 Å². The van der Waals surface area contributed by atoms with Gasteiger partial charge < -0.3 is 10.5 Å². The summed E-state index contributed by atoms with van der Waals surface area (Å²) in [6.07, 6.45) is 0.567. The van der Waals surface area contributed by atoms with E-state index in [-0.39, 0.29) is 11.6 Å². The minimum Gasteiger partial charge on any atom is -0.490 e. The van der Waals surface area contributed by atoms with Crippen LogP contribution >= 0.6 is 15.9 Å². The topological polar surface area (TPSA) is 59.1 Å². The Hall–Kier alpha value is -1.10. The van der Waals surface area contributed by atoms with Crippen molar-refractivity contribution in [1.29, 1.82) is 5.41 Å². The molecule has 3 N–H and O–H groups in total. The summed E-state index contributed by atoms with van der Waals surface area (Å²) in [7, 11) is 0. The number of rotatable bonds is 5. The van der Waals surface area contributed by atoms with Gasteiger partial charge in [0, 0.05) is 9.89 Å². The van der Waals surface area contributed by atoms with Crippen molar-refractivity contribution in [2.24, 2.45) is 11.1 Å². The normalized spacial score (nSPS) is 11.3. The third-order valence-electron chi connectivity index (χ3n) is 2.61. The smallest absolute Gasteiger partial charge is 0.166 e. The minimum absolute atomic E-state index is 0.109. The summed E-state index contributed by atoms with van der Waals surface area (Å²) < 4.78 is 19.4. The van der Waals surface area contributed by atoms with E-state index in [9.17, 15) is 4.39 Å². The molecule has 94 valence electrons. The monoisotopic (exact) mass is 302 g/mol. The molecular weight excluding hydrogens is 287 g/mol. The Balaban J connectivity index is 2.54. The Labute approximate surface area is 109 Å². The van der Waals surface area contributed by atoms with E-state index in [1.54, 1.807) is 12.1 Å². The Kier molecular flexibility index (Phi) is 4.51. The molecule has 0 amide bonds. The van der Waals surface area contributed by atoms with Gasteiger partial charge in [-0.05, 0) is 24.6 Å². The third kappa shape index (κ3) is 4.00. The number of nitrogens with two attached hydrogens (primary N) is 1. The Morgan fingerprint density at radius 2 is 2.18 bits per heavy atom. The second kappa shape index (κ2) is 5.49. The lowest BCUT2D eigenvalue weighted by molar-refractivity contribution is 0.258. The third-order valence-corrected chi connectivity index (χ3v) is 3.10. The molecule has 1 rings (SSSR count). The minimum atomic E-state index is -0.425. The maximum atomic E-state index is 13.4. The van der Waals surface area contributed by atoms with Crippen LogP contribution in [-0.2, 0) is 0 Å². The highest BCUT2D eigenvalue weighted by molar-refractivity contribution is 9.10. The molecule has 1 aromatic rings. The fourth-order valence-corrected chi connectivity index (χ4v) is 1.48. The summed E-state index contributed by atoms with van der Waals surface area (Å²) in [4.78, 5) is 0. The molecule has 0 spiro atoms. The number of hydrogen-bond acceptors (Lipinski definition) is 2. The standard InChI is InChI=1S/C12H16BrFN2O/c1-12(2,11(15)16)5-6-17-10-4-3-8(13)7-9(10)14/h3-4,7H,5-6H2,1-2H3,(H3,15,16). The second-order valence-electron chi connectivity index (χ2n) is 4.47. The van der Waals surface area contributed by atoms with Crippen LogP contribution in [0, 0.1) is 16.6 Å². The van der Waals surface area contributed by atoms with Crippen LogP contribution in [0.4, 0.5) is 4.39 Å². The van der Waals surface area contributed by atoms with Crippen LogP contribution in [-0.4, -0.2) is 12.4 Å². The first-order valence-electron chi connectivity index (χ1n) is 5.25. The van der Waals surface area contributed by atoms with Gasteiger partial charge in [0.15, 0.2) is 11.6 Å². The maximum Gasteiger partial charge on any atom is 0.166 e. The molecule has 0 atom stereocenters. The number of amidine groups is 1. The first-order valence-corrected chi connectivity index (χ1v) is 6.04. The zero-order valence-electron chi connectivity index (χ0n) is 9.89. The first-order chi connectivity index (χ1) is 7.83. The molecule has 0 aliphatic carbocycles. The van der Waals surface area contributed by atoms with Gasteiger partial charge in [0.05, 0.1) is 12.4 Å². The van der Waals surface area contributed by atoms with E-state index < -0.39 is 11.2 Å². The van der Waals surface area contributed by atoms with Crippen molar-refractivity contribution in [3.8, 4) is 5.75 Å². The number of nitrogens with one attached hydrogen (secondary N) is 1. The zero-order valence-corrected chi connectivity index (χ0v) is 11.5. The van der Waals surface area contributed by atoms with Crippen molar-refractivity contribution >= 4 is 21.8 Å². The second-order valence-corrected chi connectivity index (χ2v) is 5.39. The van der Waals surface area contributed by atoms with Crippen LogP contribution in [0.5, 0.6) is 5.75 Å². The van der Waals surface area contributed by atoms with Gasteiger partial charge in [-0.3, -0.25) is 5.41 Å². The van der Waals surface area contributed by atoms with Crippen molar-refractivity contribution in [1.82, 2.24) is 0 Å². The highest BCUT2D eigenvalue weighted by atomic mass is 79.9. The molecule has 5 heteroatoms. The average Bonchev–Trinajstić information content (AvgIpc) is 2.21. The van der Waals surface area contributed by atoms with Crippen LogP contribution < -0.4 is 10.5 Å². The molecule has 0 aliphatic heterocycles. The number of ether oxygens (including phenoxy) is 1. The number of hydrogen-bond donors (Lipinski definition) is 2. The highest BCUT2D eigenvalue weighted by Crippen LogP contribution is 2.24. The molecule has 17 heavy (non-hydrogen) atoms. The Morgan fingerprint density at radius 3 is 2.71 bits per heavy atom. The molecule has 0 unspecified atom stereocenters. The quantitative estimate of drug-likeness (QED) is 0.647. The molecule has 0 bridgehead atoms. The van der Waals surface area contributed by atoms with Crippen LogP contribution in [0.15, 0.2) is 22.7 Å². The van der Waals surface area contributed by atoms with Crippen molar-refractivity contribution in [2.75, 3.05) is 6.61 Å². The van der Waals surface area contributed by atoms with E-state index in [1.807, 2.05) is 13.8 Å². The first kappa shape index (κ1) is 14.0. The lowest BCUT2D eigenvalue weighted by atomic mass is 9.88. The summed E-state index contributed by atoms with van der Waals surface area (Å²) in [5.41, 5.74) is 5.02. The fourth-order valence-electron chi connectivity index (χ4n) is 1.14. The molecular formula is C12H16BrFN2O. The lowest BCUT2D eigenvalue weighted by Gasteiger charge is -2.22. The van der Waals surface area contributed by atoms with Crippen molar-refractivity contribution in [3.63, 3.8) is 0 Å². The van der Waals surface area contributed by atoms with E-state index in [2.05, 4.69) is 15.9 Å². The van der Waals surface area contributed by atoms with Gasteiger partial charge in [-0.25, -0.2) is 4.39 Å². The molecule has 0 saturated carbocycles. The average molecular weight is 303 g/mol. The molecule has 0 radical (unpaired) electrons. The SMILES string of the molecule is CC(C)(CCOc1ccc(Br)cc1F)C(=N)N. The van der Waals surface area contributed by atoms with Gasteiger partial charge in [-0.15, -0.1) is 0 Å². The summed E-state index contributed by atoms with van der Waals surface area (Å²) in [5.74, 6) is -0.0788. The van der Waals surface area contributed by atoms with E-state index in [0.29, 0.717) is 17.5 Å². The van der Waals surface area contributed by atoms with Crippen molar-refractivity contribution in [2.45, 2.75) is 20.3 Å². The predicted molar refractivity (Wildman–Crippen MR) is 69.9 cm³/mol. The molecule has 0 heterocycles.